The summed E-state index contributed by atoms with van der Waals surface area (Å²) in [6, 6.07) is 6.67. The number of phenols is 1. The van der Waals surface area contributed by atoms with E-state index in [1.165, 1.54) is 0 Å². The Morgan fingerprint density at radius 2 is 1.94 bits per heavy atom. The fourth-order valence-corrected chi connectivity index (χ4v) is 2.56. The van der Waals surface area contributed by atoms with Crippen molar-refractivity contribution in [3.8, 4) is 17.1 Å². The number of H-pyrrole nitrogens is 1. The minimum atomic E-state index is -0.0874. The first kappa shape index (κ1) is 11.7. The number of aromatic amines is 1. The molecule has 1 aromatic carbocycles. The van der Waals surface area contributed by atoms with E-state index in [2.05, 4.69) is 32.6 Å². The highest BCUT2D eigenvalue weighted by atomic mass is 127. The number of rotatable bonds is 2. The Balaban J connectivity index is 2.12. The lowest BCUT2D eigenvalue weighted by atomic mass is 10.2. The van der Waals surface area contributed by atoms with E-state index in [-0.39, 0.29) is 11.3 Å². The van der Waals surface area contributed by atoms with Gasteiger partial charge in [0.05, 0.1) is 9.26 Å². The van der Waals surface area contributed by atoms with Gasteiger partial charge in [0.2, 0.25) is 0 Å². The molecule has 0 aliphatic heterocycles. The lowest BCUT2D eigenvalue weighted by Crippen LogP contribution is -2.15. The molecule has 0 unspecified atom stereocenters. The number of aromatic nitrogens is 2. The fourth-order valence-electron chi connectivity index (χ4n) is 1.86. The minimum absolute atomic E-state index is 0.0874. The van der Waals surface area contributed by atoms with Gasteiger partial charge in [-0.25, -0.2) is 4.98 Å². The van der Waals surface area contributed by atoms with Crippen molar-refractivity contribution >= 4 is 22.6 Å². The van der Waals surface area contributed by atoms with Crippen LogP contribution in [0.25, 0.3) is 11.4 Å². The molecule has 18 heavy (non-hydrogen) atoms. The minimum Gasteiger partial charge on any atom is -0.508 e. The second-order valence-corrected chi connectivity index (χ2v) is 5.51. The van der Waals surface area contributed by atoms with Gasteiger partial charge < -0.3 is 10.1 Å². The number of aromatic hydroxyl groups is 1. The van der Waals surface area contributed by atoms with Gasteiger partial charge in [-0.05, 0) is 59.7 Å². The monoisotopic (exact) mass is 354 g/mol. The van der Waals surface area contributed by atoms with Crippen molar-refractivity contribution in [2.24, 2.45) is 0 Å². The number of hydrogen-bond donors (Lipinski definition) is 2. The number of benzene rings is 1. The van der Waals surface area contributed by atoms with Gasteiger partial charge >= 0.3 is 0 Å². The maximum atomic E-state index is 11.9. The van der Waals surface area contributed by atoms with E-state index in [0.717, 1.165) is 24.1 Å². The van der Waals surface area contributed by atoms with Crippen molar-refractivity contribution in [3.63, 3.8) is 0 Å². The molecule has 92 valence electrons. The van der Waals surface area contributed by atoms with Gasteiger partial charge in [0.15, 0.2) is 0 Å². The largest absolute Gasteiger partial charge is 0.508 e. The molecular formula is C13H11IN2O2. The predicted molar refractivity (Wildman–Crippen MR) is 76.7 cm³/mol. The molecule has 0 amide bonds. The van der Waals surface area contributed by atoms with Crippen LogP contribution in [0.1, 0.15) is 24.5 Å². The van der Waals surface area contributed by atoms with Gasteiger partial charge in [-0.2, -0.15) is 0 Å². The molecule has 2 aromatic rings. The van der Waals surface area contributed by atoms with Crippen LogP contribution in [-0.4, -0.2) is 15.1 Å². The van der Waals surface area contributed by atoms with E-state index in [4.69, 9.17) is 0 Å². The molecule has 3 rings (SSSR count). The quantitative estimate of drug-likeness (QED) is 0.815. The molecule has 0 atom stereocenters. The highest BCUT2D eigenvalue weighted by Gasteiger charge is 2.28. The number of halogens is 1. The Kier molecular flexibility index (Phi) is 2.85. The van der Waals surface area contributed by atoms with Gasteiger partial charge in [0.1, 0.15) is 11.6 Å². The van der Waals surface area contributed by atoms with Gasteiger partial charge in [-0.1, -0.05) is 0 Å². The van der Waals surface area contributed by atoms with E-state index in [1.54, 1.807) is 24.3 Å². The predicted octanol–water partition coefficient (Wildman–Crippen LogP) is 2.62. The van der Waals surface area contributed by atoms with Gasteiger partial charge in [-0.3, -0.25) is 4.79 Å². The third-order valence-electron chi connectivity index (χ3n) is 2.99. The summed E-state index contributed by atoms with van der Waals surface area (Å²) in [6.45, 7) is 0. The number of phenolic OH excluding ortho intramolecular Hbond substituents is 1. The number of nitrogens with zero attached hydrogens (tertiary/aromatic N) is 1. The summed E-state index contributed by atoms with van der Waals surface area (Å²) < 4.78 is 0.692. The van der Waals surface area contributed by atoms with Crippen molar-refractivity contribution in [3.05, 3.63) is 43.9 Å². The fraction of sp³-hybridized carbons (Fsp3) is 0.231. The highest BCUT2D eigenvalue weighted by molar-refractivity contribution is 14.1. The van der Waals surface area contributed by atoms with Crippen molar-refractivity contribution in [2.75, 3.05) is 0 Å². The van der Waals surface area contributed by atoms with Crippen LogP contribution in [0.15, 0.2) is 29.1 Å². The van der Waals surface area contributed by atoms with Crippen LogP contribution in [-0.2, 0) is 0 Å². The average Bonchev–Trinajstić information content (AvgIpc) is 3.18. The zero-order chi connectivity index (χ0) is 12.7. The molecule has 1 aliphatic carbocycles. The summed E-state index contributed by atoms with van der Waals surface area (Å²) >= 11 is 2.06. The SMILES string of the molecule is O=c1[nH]c(-c2ccc(O)cc2)nc(C2CC2)c1I. The molecular weight excluding hydrogens is 343 g/mol. The Bertz CT molecular complexity index is 645. The van der Waals surface area contributed by atoms with Crippen LogP contribution in [0.3, 0.4) is 0 Å². The molecule has 1 heterocycles. The Labute approximate surface area is 117 Å². The van der Waals surface area contributed by atoms with E-state index in [9.17, 15) is 9.90 Å². The standard InChI is InChI=1S/C13H11IN2O2/c14-10-11(7-1-2-7)15-12(16-13(10)18)8-3-5-9(17)6-4-8/h3-7,17H,1-2H2,(H,15,16,18). The lowest BCUT2D eigenvalue weighted by molar-refractivity contribution is 0.475. The molecule has 1 fully saturated rings. The topological polar surface area (TPSA) is 66.0 Å². The van der Waals surface area contributed by atoms with Crippen LogP contribution in [0, 0.1) is 3.57 Å². The summed E-state index contributed by atoms with van der Waals surface area (Å²) in [5.41, 5.74) is 1.63. The first-order valence-electron chi connectivity index (χ1n) is 5.74. The zero-order valence-electron chi connectivity index (χ0n) is 9.48. The summed E-state index contributed by atoms with van der Waals surface area (Å²) in [5.74, 6) is 1.21. The number of nitrogens with one attached hydrogen (secondary N) is 1. The molecule has 0 spiro atoms. The van der Waals surface area contributed by atoms with Crippen LogP contribution in [0.2, 0.25) is 0 Å². The maximum Gasteiger partial charge on any atom is 0.264 e. The van der Waals surface area contributed by atoms with E-state index in [0.29, 0.717) is 15.3 Å². The third kappa shape index (κ3) is 2.14. The molecule has 4 nitrogen and oxygen atoms in total. The van der Waals surface area contributed by atoms with Gasteiger partial charge in [-0.15, -0.1) is 0 Å². The Morgan fingerprint density at radius 1 is 1.28 bits per heavy atom. The Morgan fingerprint density at radius 3 is 2.56 bits per heavy atom. The highest BCUT2D eigenvalue weighted by Crippen LogP contribution is 2.40. The smallest absolute Gasteiger partial charge is 0.264 e. The van der Waals surface area contributed by atoms with E-state index < -0.39 is 0 Å². The van der Waals surface area contributed by atoms with Crippen LogP contribution >= 0.6 is 22.6 Å². The van der Waals surface area contributed by atoms with Gasteiger partial charge in [0, 0.05) is 11.5 Å². The maximum absolute atomic E-state index is 11.9. The van der Waals surface area contributed by atoms with Gasteiger partial charge in [0.25, 0.3) is 5.56 Å². The van der Waals surface area contributed by atoms with Crippen LogP contribution in [0.4, 0.5) is 0 Å². The summed E-state index contributed by atoms with van der Waals surface area (Å²) in [5, 5.41) is 9.26. The second-order valence-electron chi connectivity index (χ2n) is 4.43. The lowest BCUT2D eigenvalue weighted by Gasteiger charge is -2.06. The first-order chi connectivity index (χ1) is 8.65. The molecule has 5 heteroatoms. The van der Waals surface area contributed by atoms with Crippen molar-refractivity contribution in [1.82, 2.24) is 9.97 Å². The zero-order valence-corrected chi connectivity index (χ0v) is 11.6. The summed E-state index contributed by atoms with van der Waals surface area (Å²) in [7, 11) is 0. The second kappa shape index (κ2) is 4.38. The van der Waals surface area contributed by atoms with Crippen molar-refractivity contribution in [1.29, 1.82) is 0 Å². The molecule has 0 saturated heterocycles. The molecule has 0 bridgehead atoms. The molecule has 1 aromatic heterocycles. The van der Waals surface area contributed by atoms with Crippen molar-refractivity contribution < 1.29 is 5.11 Å². The van der Waals surface area contributed by atoms with Crippen LogP contribution in [0.5, 0.6) is 5.75 Å². The molecule has 0 radical (unpaired) electrons. The van der Waals surface area contributed by atoms with Crippen LogP contribution < -0.4 is 5.56 Å². The number of hydrogen-bond acceptors (Lipinski definition) is 3. The molecule has 2 N–H and O–H groups in total. The molecule has 1 aliphatic rings. The summed E-state index contributed by atoms with van der Waals surface area (Å²) in [6.07, 6.45) is 2.23. The summed E-state index contributed by atoms with van der Waals surface area (Å²) in [4.78, 5) is 19.2. The molecule has 1 saturated carbocycles. The normalized spacial score (nSPS) is 14.7. The first-order valence-corrected chi connectivity index (χ1v) is 6.82. The third-order valence-corrected chi connectivity index (χ3v) is 4.04. The average molecular weight is 354 g/mol. The van der Waals surface area contributed by atoms with Crippen molar-refractivity contribution in [2.45, 2.75) is 18.8 Å². The Hall–Kier alpha value is -1.37. The van der Waals surface area contributed by atoms with E-state index >= 15 is 0 Å². The van der Waals surface area contributed by atoms with E-state index in [1.807, 2.05) is 0 Å².